The standard InChI is InChI=1S/C12H17FN2O3S/c1-7(8-3-4-8)15-19(16,17)9-5-10(13)12(18-2)11(14)6-9/h5-8,15H,3-4,14H2,1-2H3. The molecular formula is C12H17FN2O3S. The molecule has 1 fully saturated rings. The molecule has 0 spiro atoms. The lowest BCUT2D eigenvalue weighted by Crippen LogP contribution is -2.34. The Kier molecular flexibility index (Phi) is 3.69. The number of methoxy groups -OCH3 is 1. The molecule has 0 bridgehead atoms. The zero-order valence-electron chi connectivity index (χ0n) is 10.8. The van der Waals surface area contributed by atoms with Crippen LogP contribution in [0.15, 0.2) is 17.0 Å². The van der Waals surface area contributed by atoms with Crippen LogP contribution >= 0.6 is 0 Å². The van der Waals surface area contributed by atoms with Gasteiger partial charge in [0.1, 0.15) is 0 Å². The summed E-state index contributed by atoms with van der Waals surface area (Å²) in [5, 5.41) is 0. The maximum atomic E-state index is 13.7. The van der Waals surface area contributed by atoms with Crippen molar-refractivity contribution < 1.29 is 17.5 Å². The van der Waals surface area contributed by atoms with Crippen LogP contribution in [-0.2, 0) is 10.0 Å². The molecule has 1 aliphatic carbocycles. The quantitative estimate of drug-likeness (QED) is 0.804. The molecule has 1 aromatic rings. The fourth-order valence-electron chi connectivity index (χ4n) is 1.96. The van der Waals surface area contributed by atoms with Crippen molar-refractivity contribution >= 4 is 15.7 Å². The van der Waals surface area contributed by atoms with E-state index in [1.165, 1.54) is 13.2 Å². The van der Waals surface area contributed by atoms with Crippen molar-refractivity contribution in [2.45, 2.75) is 30.7 Å². The van der Waals surface area contributed by atoms with Gasteiger partial charge in [-0.05, 0) is 37.8 Å². The van der Waals surface area contributed by atoms with Gasteiger partial charge in [-0.3, -0.25) is 0 Å². The summed E-state index contributed by atoms with van der Waals surface area (Å²) < 4.78 is 45.2. The molecule has 106 valence electrons. The number of ether oxygens (including phenoxy) is 1. The summed E-state index contributed by atoms with van der Waals surface area (Å²) in [5.74, 6) is -0.564. The summed E-state index contributed by atoms with van der Waals surface area (Å²) in [6.07, 6.45) is 2.03. The number of rotatable bonds is 5. The van der Waals surface area contributed by atoms with E-state index in [4.69, 9.17) is 10.5 Å². The molecule has 1 saturated carbocycles. The molecule has 1 unspecified atom stereocenters. The summed E-state index contributed by atoms with van der Waals surface area (Å²) in [4.78, 5) is -0.184. The molecule has 19 heavy (non-hydrogen) atoms. The average Bonchev–Trinajstić information content (AvgIpc) is 3.11. The molecule has 0 amide bonds. The first kappa shape index (κ1) is 14.1. The molecular weight excluding hydrogens is 271 g/mol. The molecule has 0 saturated heterocycles. The van der Waals surface area contributed by atoms with Crippen LogP contribution in [0.25, 0.3) is 0 Å². The number of anilines is 1. The van der Waals surface area contributed by atoms with Crippen molar-refractivity contribution in [2.75, 3.05) is 12.8 Å². The number of nitrogen functional groups attached to an aromatic ring is 1. The summed E-state index contributed by atoms with van der Waals surface area (Å²) in [6.45, 7) is 1.80. The van der Waals surface area contributed by atoms with Crippen molar-refractivity contribution in [3.63, 3.8) is 0 Å². The molecule has 0 heterocycles. The van der Waals surface area contributed by atoms with Crippen LogP contribution in [0.1, 0.15) is 19.8 Å². The highest BCUT2D eigenvalue weighted by Gasteiger charge is 2.31. The second-order valence-corrected chi connectivity index (χ2v) is 6.49. The number of halogens is 1. The van der Waals surface area contributed by atoms with E-state index in [-0.39, 0.29) is 22.4 Å². The van der Waals surface area contributed by atoms with Crippen LogP contribution in [0.4, 0.5) is 10.1 Å². The number of benzene rings is 1. The van der Waals surface area contributed by atoms with Crippen LogP contribution in [0.5, 0.6) is 5.75 Å². The molecule has 0 radical (unpaired) electrons. The maximum Gasteiger partial charge on any atom is 0.241 e. The third kappa shape index (κ3) is 2.98. The fourth-order valence-corrected chi connectivity index (χ4v) is 3.32. The largest absolute Gasteiger partial charge is 0.492 e. The van der Waals surface area contributed by atoms with Crippen molar-refractivity contribution in [1.82, 2.24) is 4.72 Å². The molecule has 1 aromatic carbocycles. The Hall–Kier alpha value is -1.34. The van der Waals surface area contributed by atoms with Crippen LogP contribution in [0.2, 0.25) is 0 Å². The highest BCUT2D eigenvalue weighted by molar-refractivity contribution is 7.89. The predicted molar refractivity (Wildman–Crippen MR) is 69.9 cm³/mol. The van der Waals surface area contributed by atoms with Gasteiger partial charge in [-0.1, -0.05) is 0 Å². The van der Waals surface area contributed by atoms with Crippen LogP contribution in [0, 0.1) is 11.7 Å². The first-order valence-corrected chi connectivity index (χ1v) is 7.49. The fraction of sp³-hybridized carbons (Fsp3) is 0.500. The van der Waals surface area contributed by atoms with E-state index in [0.717, 1.165) is 18.9 Å². The van der Waals surface area contributed by atoms with Crippen LogP contribution < -0.4 is 15.2 Å². The Morgan fingerprint density at radius 1 is 1.47 bits per heavy atom. The monoisotopic (exact) mass is 288 g/mol. The van der Waals surface area contributed by atoms with Crippen molar-refractivity contribution in [1.29, 1.82) is 0 Å². The summed E-state index contributed by atoms with van der Waals surface area (Å²) >= 11 is 0. The zero-order chi connectivity index (χ0) is 14.2. The minimum absolute atomic E-state index is 0.0399. The third-order valence-corrected chi connectivity index (χ3v) is 4.77. The maximum absolute atomic E-state index is 13.7. The SMILES string of the molecule is COc1c(N)cc(S(=O)(=O)NC(C)C2CC2)cc1F. The van der Waals surface area contributed by atoms with Gasteiger partial charge in [-0.2, -0.15) is 0 Å². The van der Waals surface area contributed by atoms with E-state index < -0.39 is 15.8 Å². The van der Waals surface area contributed by atoms with E-state index in [1.54, 1.807) is 6.92 Å². The van der Waals surface area contributed by atoms with Gasteiger partial charge in [0.05, 0.1) is 17.7 Å². The van der Waals surface area contributed by atoms with Gasteiger partial charge in [0.2, 0.25) is 10.0 Å². The normalized spacial score (nSPS) is 17.2. The van der Waals surface area contributed by atoms with E-state index in [2.05, 4.69) is 4.72 Å². The topological polar surface area (TPSA) is 81.4 Å². The molecule has 5 nitrogen and oxygen atoms in total. The van der Waals surface area contributed by atoms with Gasteiger partial charge in [0, 0.05) is 6.04 Å². The van der Waals surface area contributed by atoms with Gasteiger partial charge in [-0.25, -0.2) is 17.5 Å². The van der Waals surface area contributed by atoms with Crippen LogP contribution in [0.3, 0.4) is 0 Å². The number of hydrogen-bond acceptors (Lipinski definition) is 4. The zero-order valence-corrected chi connectivity index (χ0v) is 11.6. The Labute approximate surface area is 112 Å². The number of nitrogens with two attached hydrogens (primary N) is 1. The molecule has 0 aromatic heterocycles. The number of nitrogens with one attached hydrogen (secondary N) is 1. The summed E-state index contributed by atoms with van der Waals surface area (Å²) in [7, 11) is -2.49. The molecule has 3 N–H and O–H groups in total. The van der Waals surface area contributed by atoms with E-state index in [9.17, 15) is 12.8 Å². The Morgan fingerprint density at radius 3 is 2.58 bits per heavy atom. The van der Waals surface area contributed by atoms with Gasteiger partial charge in [0.15, 0.2) is 11.6 Å². The Balaban J connectivity index is 2.29. The summed E-state index contributed by atoms with van der Waals surface area (Å²) in [5.41, 5.74) is 5.54. The average molecular weight is 288 g/mol. The highest BCUT2D eigenvalue weighted by Crippen LogP contribution is 2.33. The van der Waals surface area contributed by atoms with Crippen molar-refractivity contribution in [3.05, 3.63) is 17.9 Å². The van der Waals surface area contributed by atoms with Gasteiger partial charge in [0.25, 0.3) is 0 Å². The van der Waals surface area contributed by atoms with Crippen LogP contribution in [-0.4, -0.2) is 21.6 Å². The molecule has 1 atom stereocenters. The molecule has 7 heteroatoms. The van der Waals surface area contributed by atoms with Crippen molar-refractivity contribution in [3.8, 4) is 5.75 Å². The minimum atomic E-state index is -3.76. The molecule has 2 rings (SSSR count). The van der Waals surface area contributed by atoms with Crippen molar-refractivity contribution in [2.24, 2.45) is 5.92 Å². The number of sulfonamides is 1. The van der Waals surface area contributed by atoms with E-state index in [0.29, 0.717) is 5.92 Å². The first-order valence-electron chi connectivity index (χ1n) is 6.00. The summed E-state index contributed by atoms with van der Waals surface area (Å²) in [6, 6.07) is 1.96. The lowest BCUT2D eigenvalue weighted by molar-refractivity contribution is 0.388. The lowest BCUT2D eigenvalue weighted by Gasteiger charge is -2.14. The van der Waals surface area contributed by atoms with Gasteiger partial charge in [-0.15, -0.1) is 0 Å². The highest BCUT2D eigenvalue weighted by atomic mass is 32.2. The Morgan fingerprint density at radius 2 is 2.11 bits per heavy atom. The van der Waals surface area contributed by atoms with E-state index >= 15 is 0 Å². The third-order valence-electron chi connectivity index (χ3n) is 3.23. The lowest BCUT2D eigenvalue weighted by atomic mass is 10.2. The first-order chi connectivity index (χ1) is 8.85. The minimum Gasteiger partial charge on any atom is -0.492 e. The predicted octanol–water partition coefficient (Wildman–Crippen LogP) is 1.49. The molecule has 1 aliphatic rings. The smallest absolute Gasteiger partial charge is 0.241 e. The van der Waals surface area contributed by atoms with Gasteiger partial charge < -0.3 is 10.5 Å². The van der Waals surface area contributed by atoms with E-state index in [1.807, 2.05) is 0 Å². The second kappa shape index (κ2) is 4.97. The Bertz CT molecular complexity index is 562. The van der Waals surface area contributed by atoms with Gasteiger partial charge >= 0.3 is 0 Å². The molecule has 0 aliphatic heterocycles. The second-order valence-electron chi connectivity index (χ2n) is 4.77. The number of hydrogen-bond donors (Lipinski definition) is 2.